The molecule has 146 valence electrons. The molecule has 3 rings (SSSR count). The minimum Gasteiger partial charge on any atom is -0.491 e. The molecule has 0 N–H and O–H groups in total. The molecular formula is C21H27NO4S. The SMILES string of the molecule is CCc1ccc(C2CN(S(=O)(=O)c3ccc(OC(C)C)cc3)CCO2)cc1. The summed E-state index contributed by atoms with van der Waals surface area (Å²) in [6.07, 6.45) is 0.776. The minimum absolute atomic E-state index is 0.0477. The van der Waals surface area contributed by atoms with Gasteiger partial charge in [-0.15, -0.1) is 0 Å². The van der Waals surface area contributed by atoms with Gasteiger partial charge < -0.3 is 9.47 Å². The average molecular weight is 390 g/mol. The average Bonchev–Trinajstić information content (AvgIpc) is 2.68. The highest BCUT2D eigenvalue weighted by atomic mass is 32.2. The van der Waals surface area contributed by atoms with Gasteiger partial charge >= 0.3 is 0 Å². The number of rotatable bonds is 6. The molecule has 0 amide bonds. The maximum Gasteiger partial charge on any atom is 0.243 e. The highest BCUT2D eigenvalue weighted by molar-refractivity contribution is 7.89. The lowest BCUT2D eigenvalue weighted by atomic mass is 10.1. The van der Waals surface area contributed by atoms with Gasteiger partial charge in [0.05, 0.1) is 23.7 Å². The fraction of sp³-hybridized carbons (Fsp3) is 0.429. The molecule has 2 aromatic carbocycles. The van der Waals surface area contributed by atoms with Crippen LogP contribution in [-0.2, 0) is 21.2 Å². The molecular weight excluding hydrogens is 362 g/mol. The quantitative estimate of drug-likeness (QED) is 0.754. The first kappa shape index (κ1) is 19.9. The molecule has 2 aromatic rings. The fourth-order valence-electron chi connectivity index (χ4n) is 3.13. The maximum absolute atomic E-state index is 13.0. The number of ether oxygens (including phenoxy) is 2. The van der Waals surface area contributed by atoms with Gasteiger partial charge in [-0.25, -0.2) is 8.42 Å². The Balaban J connectivity index is 1.75. The Labute approximate surface area is 162 Å². The first-order valence-electron chi connectivity index (χ1n) is 9.37. The molecule has 6 heteroatoms. The fourth-order valence-corrected chi connectivity index (χ4v) is 4.55. The second-order valence-corrected chi connectivity index (χ2v) is 8.89. The molecule has 0 bridgehead atoms. The third-order valence-electron chi connectivity index (χ3n) is 4.62. The zero-order valence-corrected chi connectivity index (χ0v) is 16.9. The molecule has 0 aromatic heterocycles. The monoisotopic (exact) mass is 389 g/mol. The molecule has 0 aliphatic carbocycles. The van der Waals surface area contributed by atoms with Crippen molar-refractivity contribution in [2.24, 2.45) is 0 Å². The Hall–Kier alpha value is -1.89. The molecule has 1 aliphatic rings. The zero-order chi connectivity index (χ0) is 19.4. The predicted molar refractivity (Wildman–Crippen MR) is 105 cm³/mol. The summed E-state index contributed by atoms with van der Waals surface area (Å²) in [5.41, 5.74) is 2.26. The summed E-state index contributed by atoms with van der Waals surface area (Å²) in [5, 5.41) is 0. The number of hydrogen-bond donors (Lipinski definition) is 0. The smallest absolute Gasteiger partial charge is 0.243 e. The van der Waals surface area contributed by atoms with Gasteiger partial charge in [-0.05, 0) is 55.7 Å². The largest absolute Gasteiger partial charge is 0.491 e. The second-order valence-electron chi connectivity index (χ2n) is 6.96. The van der Waals surface area contributed by atoms with E-state index in [4.69, 9.17) is 9.47 Å². The van der Waals surface area contributed by atoms with Crippen molar-refractivity contribution >= 4 is 10.0 Å². The highest BCUT2D eigenvalue weighted by Crippen LogP contribution is 2.27. The Morgan fingerprint density at radius 2 is 1.78 bits per heavy atom. The third kappa shape index (κ3) is 4.69. The van der Waals surface area contributed by atoms with Crippen molar-refractivity contribution in [1.29, 1.82) is 0 Å². The molecule has 1 saturated heterocycles. The lowest BCUT2D eigenvalue weighted by molar-refractivity contribution is -0.00256. The Bertz CT molecular complexity index is 845. The minimum atomic E-state index is -3.56. The summed E-state index contributed by atoms with van der Waals surface area (Å²) in [7, 11) is -3.56. The summed E-state index contributed by atoms with van der Waals surface area (Å²) in [6, 6.07) is 14.8. The van der Waals surface area contributed by atoms with E-state index in [1.807, 2.05) is 26.0 Å². The summed E-state index contributed by atoms with van der Waals surface area (Å²) < 4.78 is 39.0. The molecule has 27 heavy (non-hydrogen) atoms. The zero-order valence-electron chi connectivity index (χ0n) is 16.1. The van der Waals surface area contributed by atoms with E-state index in [1.54, 1.807) is 24.3 Å². The third-order valence-corrected chi connectivity index (χ3v) is 6.50. The van der Waals surface area contributed by atoms with E-state index in [9.17, 15) is 8.42 Å². The van der Waals surface area contributed by atoms with Gasteiger partial charge in [0.1, 0.15) is 5.75 Å². The Morgan fingerprint density at radius 1 is 1.11 bits per heavy atom. The molecule has 1 atom stereocenters. The molecule has 0 saturated carbocycles. The molecule has 1 fully saturated rings. The van der Waals surface area contributed by atoms with E-state index in [2.05, 4.69) is 19.1 Å². The maximum atomic E-state index is 13.0. The molecule has 5 nitrogen and oxygen atoms in total. The van der Waals surface area contributed by atoms with Crippen LogP contribution < -0.4 is 4.74 Å². The molecule has 0 radical (unpaired) electrons. The van der Waals surface area contributed by atoms with Crippen LogP contribution in [-0.4, -0.2) is 38.5 Å². The van der Waals surface area contributed by atoms with Gasteiger partial charge in [-0.2, -0.15) is 4.31 Å². The molecule has 1 unspecified atom stereocenters. The molecule has 0 spiro atoms. The van der Waals surface area contributed by atoms with Gasteiger partial charge in [0.2, 0.25) is 10.0 Å². The number of nitrogens with zero attached hydrogens (tertiary/aromatic N) is 1. The van der Waals surface area contributed by atoms with Crippen LogP contribution >= 0.6 is 0 Å². The van der Waals surface area contributed by atoms with Gasteiger partial charge in [0, 0.05) is 13.1 Å². The van der Waals surface area contributed by atoms with Crippen molar-refractivity contribution in [1.82, 2.24) is 4.31 Å². The van der Waals surface area contributed by atoms with Crippen LogP contribution in [0.15, 0.2) is 53.4 Å². The van der Waals surface area contributed by atoms with Gasteiger partial charge in [0.25, 0.3) is 0 Å². The highest BCUT2D eigenvalue weighted by Gasteiger charge is 2.31. The summed E-state index contributed by atoms with van der Waals surface area (Å²) in [4.78, 5) is 0.278. The second kappa shape index (κ2) is 8.42. The standard InChI is InChI=1S/C21H27NO4S/c1-4-17-5-7-18(8-6-17)21-15-22(13-14-25-21)27(23,24)20-11-9-19(10-12-20)26-16(2)3/h5-12,16,21H,4,13-15H2,1-3H3. The van der Waals surface area contributed by atoms with Crippen molar-refractivity contribution in [3.63, 3.8) is 0 Å². The number of aryl methyl sites for hydroxylation is 1. The van der Waals surface area contributed by atoms with E-state index >= 15 is 0 Å². The first-order chi connectivity index (χ1) is 12.9. The van der Waals surface area contributed by atoms with E-state index in [1.165, 1.54) is 9.87 Å². The Morgan fingerprint density at radius 3 is 2.37 bits per heavy atom. The normalized spacial score (nSPS) is 18.6. The molecule has 1 heterocycles. The lowest BCUT2D eigenvalue weighted by Crippen LogP contribution is -2.42. The van der Waals surface area contributed by atoms with Crippen molar-refractivity contribution in [2.75, 3.05) is 19.7 Å². The van der Waals surface area contributed by atoms with Crippen LogP contribution in [0.25, 0.3) is 0 Å². The van der Waals surface area contributed by atoms with Crippen molar-refractivity contribution in [2.45, 2.75) is 44.3 Å². The van der Waals surface area contributed by atoms with Crippen LogP contribution in [0.4, 0.5) is 0 Å². The molecule has 1 aliphatic heterocycles. The van der Waals surface area contributed by atoms with Crippen molar-refractivity contribution in [3.8, 4) is 5.75 Å². The van der Waals surface area contributed by atoms with Crippen LogP contribution in [0.2, 0.25) is 0 Å². The predicted octanol–water partition coefficient (Wildman–Crippen LogP) is 3.80. The van der Waals surface area contributed by atoms with E-state index in [-0.39, 0.29) is 17.1 Å². The number of sulfonamides is 1. The van der Waals surface area contributed by atoms with Crippen molar-refractivity contribution in [3.05, 3.63) is 59.7 Å². The van der Waals surface area contributed by atoms with E-state index in [0.717, 1.165) is 12.0 Å². The van der Waals surface area contributed by atoms with Crippen LogP contribution in [0.3, 0.4) is 0 Å². The van der Waals surface area contributed by atoms with Gasteiger partial charge in [-0.1, -0.05) is 31.2 Å². The van der Waals surface area contributed by atoms with E-state index in [0.29, 0.717) is 25.4 Å². The summed E-state index contributed by atoms with van der Waals surface area (Å²) >= 11 is 0. The van der Waals surface area contributed by atoms with Crippen LogP contribution in [0, 0.1) is 0 Å². The van der Waals surface area contributed by atoms with Gasteiger partial charge in [-0.3, -0.25) is 0 Å². The van der Waals surface area contributed by atoms with E-state index < -0.39 is 10.0 Å². The first-order valence-corrected chi connectivity index (χ1v) is 10.8. The number of hydrogen-bond acceptors (Lipinski definition) is 4. The Kier molecular flexibility index (Phi) is 6.19. The summed E-state index contributed by atoms with van der Waals surface area (Å²) in [6.45, 7) is 7.04. The number of benzene rings is 2. The van der Waals surface area contributed by atoms with Gasteiger partial charge in [0.15, 0.2) is 0 Å². The number of morpholine rings is 1. The van der Waals surface area contributed by atoms with Crippen LogP contribution in [0.5, 0.6) is 5.75 Å². The lowest BCUT2D eigenvalue weighted by Gasteiger charge is -2.32. The van der Waals surface area contributed by atoms with Crippen LogP contribution in [0.1, 0.15) is 38.0 Å². The van der Waals surface area contributed by atoms with Crippen molar-refractivity contribution < 1.29 is 17.9 Å². The summed E-state index contributed by atoms with van der Waals surface area (Å²) in [5.74, 6) is 0.666. The topological polar surface area (TPSA) is 55.8 Å².